The molecule has 0 unspecified atom stereocenters. The van der Waals surface area contributed by atoms with Crippen LogP contribution in [0.5, 0.6) is 5.88 Å². The lowest BCUT2D eigenvalue weighted by molar-refractivity contribution is 0.326. The topological polar surface area (TPSA) is 47.0 Å². The van der Waals surface area contributed by atoms with Crippen LogP contribution in [0.1, 0.15) is 19.8 Å². The first kappa shape index (κ1) is 8.29. The van der Waals surface area contributed by atoms with Crippen molar-refractivity contribution in [2.75, 3.05) is 11.9 Å². The first-order chi connectivity index (χ1) is 6.38. The first-order valence-corrected chi connectivity index (χ1v) is 4.60. The largest absolute Gasteiger partial charge is 0.478 e. The van der Waals surface area contributed by atoms with Crippen molar-refractivity contribution >= 4 is 5.82 Å². The predicted molar refractivity (Wildman–Crippen MR) is 49.8 cm³/mol. The summed E-state index contributed by atoms with van der Waals surface area (Å²) in [5.74, 6) is 1.50. The van der Waals surface area contributed by atoms with Gasteiger partial charge in [-0.3, -0.25) is 0 Å². The molecule has 1 heterocycles. The van der Waals surface area contributed by atoms with E-state index in [9.17, 15) is 0 Å². The Labute approximate surface area is 77.4 Å². The van der Waals surface area contributed by atoms with E-state index in [0.717, 1.165) is 5.82 Å². The molecule has 2 rings (SSSR count). The lowest BCUT2D eigenvalue weighted by Crippen LogP contribution is -2.04. The van der Waals surface area contributed by atoms with Gasteiger partial charge in [0.05, 0.1) is 6.61 Å². The molecule has 0 spiro atoms. The molecule has 0 atom stereocenters. The van der Waals surface area contributed by atoms with Crippen LogP contribution in [0.3, 0.4) is 0 Å². The van der Waals surface area contributed by atoms with E-state index in [4.69, 9.17) is 4.74 Å². The maximum Gasteiger partial charge on any atom is 0.218 e. The smallest absolute Gasteiger partial charge is 0.218 e. The molecule has 70 valence electrons. The van der Waals surface area contributed by atoms with E-state index in [1.165, 1.54) is 19.2 Å². The fraction of sp³-hybridized carbons (Fsp3) is 0.556. The molecule has 1 fully saturated rings. The minimum Gasteiger partial charge on any atom is -0.478 e. The maximum atomic E-state index is 5.26. The van der Waals surface area contributed by atoms with Crippen LogP contribution in [0.15, 0.2) is 12.4 Å². The number of nitrogens with one attached hydrogen (secondary N) is 1. The normalized spacial score (nSPS) is 15.5. The van der Waals surface area contributed by atoms with E-state index in [1.807, 2.05) is 13.0 Å². The molecule has 1 aromatic heterocycles. The van der Waals surface area contributed by atoms with E-state index in [0.29, 0.717) is 18.5 Å². The number of hydrogen-bond donors (Lipinski definition) is 1. The van der Waals surface area contributed by atoms with Crippen LogP contribution < -0.4 is 10.1 Å². The molecule has 0 bridgehead atoms. The minimum absolute atomic E-state index is 0.615. The van der Waals surface area contributed by atoms with E-state index in [2.05, 4.69) is 15.3 Å². The second-order valence-corrected chi connectivity index (χ2v) is 3.09. The Morgan fingerprint density at radius 3 is 3.08 bits per heavy atom. The third-order valence-corrected chi connectivity index (χ3v) is 1.86. The number of nitrogens with zero attached hydrogens (tertiary/aromatic N) is 2. The van der Waals surface area contributed by atoms with Crippen molar-refractivity contribution in [3.05, 3.63) is 12.4 Å². The molecule has 4 nitrogen and oxygen atoms in total. The van der Waals surface area contributed by atoms with Gasteiger partial charge in [0.1, 0.15) is 12.1 Å². The number of aromatic nitrogens is 2. The fourth-order valence-corrected chi connectivity index (χ4v) is 1.08. The second kappa shape index (κ2) is 3.60. The molecular formula is C9H13N3O. The quantitative estimate of drug-likeness (QED) is 0.760. The van der Waals surface area contributed by atoms with Gasteiger partial charge in [-0.25, -0.2) is 9.97 Å². The van der Waals surface area contributed by atoms with Gasteiger partial charge in [-0.2, -0.15) is 0 Å². The Hall–Kier alpha value is -1.32. The van der Waals surface area contributed by atoms with Gasteiger partial charge in [0.2, 0.25) is 5.88 Å². The van der Waals surface area contributed by atoms with Gasteiger partial charge in [0.25, 0.3) is 0 Å². The maximum absolute atomic E-state index is 5.26. The average molecular weight is 179 g/mol. The molecule has 1 N–H and O–H groups in total. The van der Waals surface area contributed by atoms with Crippen LogP contribution in [0.2, 0.25) is 0 Å². The highest BCUT2D eigenvalue weighted by Gasteiger charge is 2.21. The van der Waals surface area contributed by atoms with Gasteiger partial charge < -0.3 is 10.1 Å². The van der Waals surface area contributed by atoms with Crippen LogP contribution in [-0.4, -0.2) is 22.6 Å². The van der Waals surface area contributed by atoms with Crippen molar-refractivity contribution in [2.24, 2.45) is 0 Å². The Morgan fingerprint density at radius 1 is 1.54 bits per heavy atom. The third kappa shape index (κ3) is 2.31. The van der Waals surface area contributed by atoms with Crippen LogP contribution in [0.25, 0.3) is 0 Å². The molecular weight excluding hydrogens is 166 g/mol. The summed E-state index contributed by atoms with van der Waals surface area (Å²) in [4.78, 5) is 8.08. The van der Waals surface area contributed by atoms with Crippen molar-refractivity contribution in [3.8, 4) is 5.88 Å². The summed E-state index contributed by atoms with van der Waals surface area (Å²) < 4.78 is 5.26. The van der Waals surface area contributed by atoms with Crippen molar-refractivity contribution in [1.82, 2.24) is 9.97 Å². The highest BCUT2D eigenvalue weighted by atomic mass is 16.5. The van der Waals surface area contributed by atoms with Gasteiger partial charge in [-0.05, 0) is 19.8 Å². The van der Waals surface area contributed by atoms with Gasteiger partial charge in [-0.1, -0.05) is 0 Å². The molecule has 1 aromatic rings. The lowest BCUT2D eigenvalue weighted by Gasteiger charge is -2.05. The molecule has 1 saturated carbocycles. The van der Waals surface area contributed by atoms with E-state index in [-0.39, 0.29) is 0 Å². The average Bonchev–Trinajstić information content (AvgIpc) is 2.90. The monoisotopic (exact) mass is 179 g/mol. The number of anilines is 1. The summed E-state index contributed by atoms with van der Waals surface area (Å²) >= 11 is 0. The molecule has 0 amide bonds. The van der Waals surface area contributed by atoms with Crippen LogP contribution in [0, 0.1) is 0 Å². The third-order valence-electron chi connectivity index (χ3n) is 1.86. The highest BCUT2D eigenvalue weighted by Crippen LogP contribution is 2.24. The van der Waals surface area contributed by atoms with Crippen molar-refractivity contribution < 1.29 is 4.74 Å². The van der Waals surface area contributed by atoms with E-state index < -0.39 is 0 Å². The SMILES string of the molecule is CCOc1cc(NC2CC2)ncn1. The van der Waals surface area contributed by atoms with Crippen molar-refractivity contribution in [1.29, 1.82) is 0 Å². The zero-order valence-electron chi connectivity index (χ0n) is 7.66. The number of rotatable bonds is 4. The van der Waals surface area contributed by atoms with Gasteiger partial charge in [0.15, 0.2) is 0 Å². The summed E-state index contributed by atoms with van der Waals surface area (Å²) in [6.07, 6.45) is 4.01. The second-order valence-electron chi connectivity index (χ2n) is 3.09. The van der Waals surface area contributed by atoms with Gasteiger partial charge in [-0.15, -0.1) is 0 Å². The summed E-state index contributed by atoms with van der Waals surface area (Å²) in [5, 5.41) is 3.28. The van der Waals surface area contributed by atoms with E-state index in [1.54, 1.807) is 0 Å². The molecule has 0 saturated heterocycles. The van der Waals surface area contributed by atoms with Crippen LogP contribution in [-0.2, 0) is 0 Å². The minimum atomic E-state index is 0.615. The van der Waals surface area contributed by atoms with Crippen molar-refractivity contribution in [3.63, 3.8) is 0 Å². The molecule has 0 radical (unpaired) electrons. The number of hydrogen-bond acceptors (Lipinski definition) is 4. The van der Waals surface area contributed by atoms with Gasteiger partial charge >= 0.3 is 0 Å². The van der Waals surface area contributed by atoms with Crippen LogP contribution >= 0.6 is 0 Å². The zero-order chi connectivity index (χ0) is 9.10. The fourth-order valence-electron chi connectivity index (χ4n) is 1.08. The summed E-state index contributed by atoms with van der Waals surface area (Å²) in [6.45, 7) is 2.58. The Balaban J connectivity index is 2.02. The van der Waals surface area contributed by atoms with Crippen LogP contribution in [0.4, 0.5) is 5.82 Å². The van der Waals surface area contributed by atoms with E-state index >= 15 is 0 Å². The summed E-state index contributed by atoms with van der Waals surface area (Å²) in [5.41, 5.74) is 0. The standard InChI is InChI=1S/C9H13N3O/c1-2-13-9-5-8(10-6-11-9)12-7-3-4-7/h5-7H,2-4H2,1H3,(H,10,11,12). The lowest BCUT2D eigenvalue weighted by atomic mass is 10.5. The molecule has 1 aliphatic carbocycles. The Morgan fingerprint density at radius 2 is 2.38 bits per heavy atom. The highest BCUT2D eigenvalue weighted by molar-refractivity contribution is 5.39. The van der Waals surface area contributed by atoms with Crippen molar-refractivity contribution in [2.45, 2.75) is 25.8 Å². The predicted octanol–water partition coefficient (Wildman–Crippen LogP) is 1.45. The van der Waals surface area contributed by atoms with Gasteiger partial charge in [0, 0.05) is 12.1 Å². The first-order valence-electron chi connectivity index (χ1n) is 4.60. The number of ether oxygens (including phenoxy) is 1. The summed E-state index contributed by atoms with van der Waals surface area (Å²) in [7, 11) is 0. The molecule has 4 heteroatoms. The molecule has 0 aliphatic heterocycles. The molecule has 1 aliphatic rings. The summed E-state index contributed by atoms with van der Waals surface area (Å²) in [6, 6.07) is 2.45. The Kier molecular flexibility index (Phi) is 2.29. The Bertz CT molecular complexity index is 286. The molecule has 0 aromatic carbocycles. The zero-order valence-corrected chi connectivity index (χ0v) is 7.66. The molecule has 13 heavy (non-hydrogen) atoms.